The van der Waals surface area contributed by atoms with Gasteiger partial charge in [-0.15, -0.1) is 10.2 Å². The van der Waals surface area contributed by atoms with E-state index >= 15 is 0 Å². The summed E-state index contributed by atoms with van der Waals surface area (Å²) in [6.07, 6.45) is 2.92. The van der Waals surface area contributed by atoms with Gasteiger partial charge in [-0.25, -0.2) is 4.98 Å². The smallest absolute Gasteiger partial charge is 0.283 e. The van der Waals surface area contributed by atoms with E-state index in [2.05, 4.69) is 15.2 Å². The summed E-state index contributed by atoms with van der Waals surface area (Å²) in [5.74, 6) is 0.797. The molecule has 0 saturated heterocycles. The lowest BCUT2D eigenvalue weighted by Crippen LogP contribution is -2.23. The van der Waals surface area contributed by atoms with E-state index in [9.17, 15) is 4.79 Å². The minimum atomic E-state index is -0.246. The molecule has 0 radical (unpaired) electrons. The zero-order chi connectivity index (χ0) is 22.9. The van der Waals surface area contributed by atoms with Gasteiger partial charge in [0.05, 0.1) is 18.4 Å². The van der Waals surface area contributed by atoms with Gasteiger partial charge in [-0.1, -0.05) is 42.8 Å². The predicted octanol–water partition coefficient (Wildman–Crippen LogP) is 3.97. The van der Waals surface area contributed by atoms with E-state index < -0.39 is 0 Å². The Kier molecular flexibility index (Phi) is 5.51. The topological polar surface area (TPSA) is 87.2 Å². The number of benzene rings is 2. The Balaban J connectivity index is 1.54. The van der Waals surface area contributed by atoms with Gasteiger partial charge in [-0.05, 0) is 48.2 Å². The summed E-state index contributed by atoms with van der Waals surface area (Å²) in [4.78, 5) is 17.6. The molecule has 0 amide bonds. The van der Waals surface area contributed by atoms with Crippen LogP contribution in [-0.2, 0) is 19.4 Å². The zero-order valence-corrected chi connectivity index (χ0v) is 19.0. The molecule has 0 N–H and O–H groups in total. The fourth-order valence-electron chi connectivity index (χ4n) is 3.86. The lowest BCUT2D eigenvalue weighted by atomic mass is 10.0. The highest BCUT2D eigenvalue weighted by Crippen LogP contribution is 2.29. The third-order valence-electron chi connectivity index (χ3n) is 5.64. The zero-order valence-electron chi connectivity index (χ0n) is 18.2. The van der Waals surface area contributed by atoms with E-state index in [1.807, 2.05) is 55.5 Å². The lowest BCUT2D eigenvalue weighted by molar-refractivity contribution is 0.414. The summed E-state index contributed by atoms with van der Waals surface area (Å²) in [7, 11) is 1.63. The van der Waals surface area contributed by atoms with Crippen molar-refractivity contribution >= 4 is 28.4 Å². The van der Waals surface area contributed by atoms with Crippen LogP contribution in [0.15, 0.2) is 59.7 Å². The number of halogens is 1. The maximum atomic E-state index is 13.1. The molecule has 0 fully saturated rings. The molecule has 0 bridgehead atoms. The molecule has 9 heteroatoms. The molecule has 5 rings (SSSR count). The fourth-order valence-corrected chi connectivity index (χ4v) is 3.99. The summed E-state index contributed by atoms with van der Waals surface area (Å²) in [6, 6.07) is 15.3. The highest BCUT2D eigenvalue weighted by molar-refractivity contribution is 6.30. The number of ether oxygens (including phenoxy) is 1. The molecule has 33 heavy (non-hydrogen) atoms. The van der Waals surface area contributed by atoms with Crippen LogP contribution in [0.3, 0.4) is 0 Å². The van der Waals surface area contributed by atoms with Crippen LogP contribution in [0.2, 0.25) is 5.02 Å². The number of hydrogen-bond acceptors (Lipinski definition) is 6. The van der Waals surface area contributed by atoms with Crippen molar-refractivity contribution in [2.45, 2.75) is 26.3 Å². The van der Waals surface area contributed by atoms with Gasteiger partial charge in [0.1, 0.15) is 12.1 Å². The van der Waals surface area contributed by atoms with E-state index in [4.69, 9.17) is 21.4 Å². The molecule has 0 saturated carbocycles. The van der Waals surface area contributed by atoms with Gasteiger partial charge in [0.25, 0.3) is 5.56 Å². The Morgan fingerprint density at radius 1 is 1.00 bits per heavy atom. The lowest BCUT2D eigenvalue weighted by Gasteiger charge is -2.07. The van der Waals surface area contributed by atoms with Crippen LogP contribution in [0.4, 0.5) is 0 Å². The maximum absolute atomic E-state index is 13.1. The van der Waals surface area contributed by atoms with Gasteiger partial charge in [-0.2, -0.15) is 9.61 Å². The Morgan fingerprint density at radius 2 is 1.76 bits per heavy atom. The largest absolute Gasteiger partial charge is 0.497 e. The standard InChI is InChI=1S/C24H21ClN6O2/c1-3-19-20(16-6-8-17(25)9-7-16)22-28-27-21-23(31(22)29-19)26-14-30(24(21)32)13-12-15-4-10-18(33-2)11-5-15/h4-11,14H,3,12-13H2,1-2H3. The molecule has 0 unspecified atom stereocenters. The van der Waals surface area contributed by atoms with Crippen LogP contribution < -0.4 is 10.3 Å². The Labute approximate surface area is 194 Å². The van der Waals surface area contributed by atoms with Crippen LogP contribution in [0, 0.1) is 0 Å². The van der Waals surface area contributed by atoms with Crippen molar-refractivity contribution in [2.75, 3.05) is 7.11 Å². The summed E-state index contributed by atoms with van der Waals surface area (Å²) in [5.41, 5.74) is 4.64. The number of aryl methyl sites for hydroxylation is 3. The van der Waals surface area contributed by atoms with Gasteiger partial charge in [0.2, 0.25) is 0 Å². The average Bonchev–Trinajstić information content (AvgIpc) is 3.23. The van der Waals surface area contributed by atoms with Crippen molar-refractivity contribution in [2.24, 2.45) is 0 Å². The Morgan fingerprint density at radius 3 is 2.45 bits per heavy atom. The first-order chi connectivity index (χ1) is 16.1. The molecule has 0 spiro atoms. The number of hydrogen-bond donors (Lipinski definition) is 0. The van der Waals surface area contributed by atoms with Crippen LogP contribution >= 0.6 is 11.6 Å². The molecule has 0 aliphatic rings. The number of nitrogens with zero attached hydrogens (tertiary/aromatic N) is 6. The highest BCUT2D eigenvalue weighted by atomic mass is 35.5. The van der Waals surface area contributed by atoms with E-state index in [-0.39, 0.29) is 11.1 Å². The molecule has 166 valence electrons. The molecule has 0 aliphatic carbocycles. The van der Waals surface area contributed by atoms with Crippen LogP contribution in [0.5, 0.6) is 5.75 Å². The first-order valence-electron chi connectivity index (χ1n) is 10.6. The van der Waals surface area contributed by atoms with Gasteiger partial charge in [-0.3, -0.25) is 9.36 Å². The molecule has 5 aromatic rings. The third kappa shape index (κ3) is 3.82. The Bertz CT molecular complexity index is 1510. The van der Waals surface area contributed by atoms with Crippen LogP contribution in [-0.4, -0.2) is 36.5 Å². The van der Waals surface area contributed by atoms with Gasteiger partial charge < -0.3 is 4.74 Å². The van der Waals surface area contributed by atoms with E-state index in [1.165, 1.54) is 0 Å². The minimum Gasteiger partial charge on any atom is -0.497 e. The van der Waals surface area contributed by atoms with E-state index in [0.29, 0.717) is 35.7 Å². The molecule has 3 heterocycles. The third-order valence-corrected chi connectivity index (χ3v) is 5.89. The van der Waals surface area contributed by atoms with Crippen molar-refractivity contribution in [3.63, 3.8) is 0 Å². The number of aromatic nitrogens is 6. The summed E-state index contributed by atoms with van der Waals surface area (Å²) in [5, 5.41) is 14.0. The number of fused-ring (bicyclic) bond motifs is 3. The van der Waals surface area contributed by atoms with E-state index in [0.717, 1.165) is 28.1 Å². The van der Waals surface area contributed by atoms with Crippen molar-refractivity contribution in [1.82, 2.24) is 29.4 Å². The second-order valence-electron chi connectivity index (χ2n) is 7.63. The molecule has 0 aliphatic heterocycles. The van der Waals surface area contributed by atoms with Crippen molar-refractivity contribution in [3.05, 3.63) is 81.5 Å². The van der Waals surface area contributed by atoms with Crippen molar-refractivity contribution < 1.29 is 4.74 Å². The summed E-state index contributed by atoms with van der Waals surface area (Å²) < 4.78 is 8.36. The van der Waals surface area contributed by atoms with Crippen molar-refractivity contribution in [3.8, 4) is 16.9 Å². The minimum absolute atomic E-state index is 0.188. The first kappa shape index (κ1) is 21.1. The summed E-state index contributed by atoms with van der Waals surface area (Å²) in [6.45, 7) is 2.50. The molecular weight excluding hydrogens is 440 g/mol. The predicted molar refractivity (Wildman–Crippen MR) is 127 cm³/mol. The number of rotatable bonds is 6. The quantitative estimate of drug-likeness (QED) is 0.381. The monoisotopic (exact) mass is 460 g/mol. The average molecular weight is 461 g/mol. The molecule has 0 atom stereocenters. The molecule has 2 aromatic carbocycles. The molecule has 3 aromatic heterocycles. The van der Waals surface area contributed by atoms with Gasteiger partial charge in [0, 0.05) is 11.6 Å². The number of methoxy groups -OCH3 is 1. The fraction of sp³-hybridized carbons (Fsp3) is 0.208. The van der Waals surface area contributed by atoms with Gasteiger partial charge in [0.15, 0.2) is 16.8 Å². The van der Waals surface area contributed by atoms with Gasteiger partial charge >= 0.3 is 0 Å². The normalized spacial score (nSPS) is 11.4. The highest BCUT2D eigenvalue weighted by Gasteiger charge is 2.19. The molecular formula is C24H21ClN6O2. The SMILES string of the molecule is CCc1nn2c(nnc3c(=O)n(CCc4ccc(OC)cc4)cnc32)c1-c1ccc(Cl)cc1. The second-order valence-corrected chi connectivity index (χ2v) is 8.07. The Hall–Kier alpha value is -3.78. The van der Waals surface area contributed by atoms with Crippen LogP contribution in [0.1, 0.15) is 18.2 Å². The van der Waals surface area contributed by atoms with Crippen molar-refractivity contribution in [1.29, 1.82) is 0 Å². The first-order valence-corrected chi connectivity index (χ1v) is 11.0. The van der Waals surface area contributed by atoms with Crippen LogP contribution in [0.25, 0.3) is 27.9 Å². The van der Waals surface area contributed by atoms with E-state index in [1.54, 1.807) is 22.5 Å². The molecule has 8 nitrogen and oxygen atoms in total. The second kappa shape index (κ2) is 8.63. The maximum Gasteiger partial charge on any atom is 0.283 e. The summed E-state index contributed by atoms with van der Waals surface area (Å²) >= 11 is 6.05.